The van der Waals surface area contributed by atoms with E-state index in [1.807, 2.05) is 6.92 Å². The minimum Gasteiger partial charge on any atom is -0.358 e. The Hall–Kier alpha value is -2.02. The molecule has 2 heterocycles. The Morgan fingerprint density at radius 1 is 1.31 bits per heavy atom. The van der Waals surface area contributed by atoms with Gasteiger partial charge in [-0.2, -0.15) is 0 Å². The molecule has 1 saturated heterocycles. The largest absolute Gasteiger partial charge is 0.358 e. The van der Waals surface area contributed by atoms with Gasteiger partial charge in [-0.05, 0) is 31.6 Å². The van der Waals surface area contributed by atoms with Crippen LogP contribution in [0.4, 0.5) is 0 Å². The predicted molar refractivity (Wildman–Crippen MR) is 98.8 cm³/mol. The molecule has 1 aliphatic carbocycles. The smallest absolute Gasteiger partial charge is 0.254 e. The first kappa shape index (κ1) is 18.8. The van der Waals surface area contributed by atoms with Crippen molar-refractivity contribution in [2.24, 2.45) is 11.8 Å². The second kappa shape index (κ2) is 7.70. The lowest BCUT2D eigenvalue weighted by Gasteiger charge is -2.23. The van der Waals surface area contributed by atoms with Gasteiger partial charge in [0.1, 0.15) is 5.82 Å². The summed E-state index contributed by atoms with van der Waals surface area (Å²) in [6, 6.07) is 0.0228. The Morgan fingerprint density at radius 3 is 2.62 bits per heavy atom. The third kappa shape index (κ3) is 4.20. The van der Waals surface area contributed by atoms with Crippen LogP contribution in [0.3, 0.4) is 0 Å². The van der Waals surface area contributed by atoms with Crippen molar-refractivity contribution < 1.29 is 9.59 Å². The van der Waals surface area contributed by atoms with Crippen LogP contribution >= 0.6 is 0 Å². The fourth-order valence-electron chi connectivity index (χ4n) is 3.65. The standard InChI is InChI=1S/C19H29N5O2/c1-11(2)15-8-24(10-17(25)20-4)9-16(15)23-19(26)14-7-21-18(13-5-6-13)22-12(14)3/h7,11,13,15-16H,5-6,8-10H2,1-4H3,(H,20,25)(H,23,26)/t15-,16+/m0/s1. The fourth-order valence-corrected chi connectivity index (χ4v) is 3.65. The number of likely N-dealkylation sites (N-methyl/N-ethyl adjacent to an activating group) is 1. The van der Waals surface area contributed by atoms with Crippen LogP contribution in [-0.2, 0) is 4.79 Å². The minimum atomic E-state index is -0.123. The maximum Gasteiger partial charge on any atom is 0.254 e. The van der Waals surface area contributed by atoms with E-state index >= 15 is 0 Å². The van der Waals surface area contributed by atoms with E-state index in [1.165, 1.54) is 0 Å². The van der Waals surface area contributed by atoms with E-state index in [-0.39, 0.29) is 17.9 Å². The Labute approximate surface area is 155 Å². The first-order valence-corrected chi connectivity index (χ1v) is 9.46. The molecule has 26 heavy (non-hydrogen) atoms. The molecule has 2 amide bonds. The van der Waals surface area contributed by atoms with E-state index < -0.39 is 0 Å². The summed E-state index contributed by atoms with van der Waals surface area (Å²) in [6.07, 6.45) is 3.95. The number of amides is 2. The van der Waals surface area contributed by atoms with E-state index in [4.69, 9.17) is 0 Å². The average Bonchev–Trinajstić information content (AvgIpc) is 3.37. The molecule has 0 aromatic carbocycles. The van der Waals surface area contributed by atoms with Gasteiger partial charge < -0.3 is 10.6 Å². The number of nitrogens with zero attached hydrogens (tertiary/aromatic N) is 3. The van der Waals surface area contributed by atoms with Crippen molar-refractivity contribution in [3.05, 3.63) is 23.3 Å². The Bertz CT molecular complexity index is 687. The van der Waals surface area contributed by atoms with Crippen LogP contribution < -0.4 is 10.6 Å². The van der Waals surface area contributed by atoms with Crippen LogP contribution in [0.5, 0.6) is 0 Å². The second-order valence-corrected chi connectivity index (χ2v) is 7.86. The number of likely N-dealkylation sites (tertiary alicyclic amines) is 1. The van der Waals surface area contributed by atoms with Crippen LogP contribution in [0, 0.1) is 18.8 Å². The summed E-state index contributed by atoms with van der Waals surface area (Å²) in [6.45, 7) is 8.05. The molecule has 1 aliphatic heterocycles. The summed E-state index contributed by atoms with van der Waals surface area (Å²) in [7, 11) is 1.64. The van der Waals surface area contributed by atoms with Crippen molar-refractivity contribution in [2.45, 2.75) is 45.6 Å². The van der Waals surface area contributed by atoms with Gasteiger partial charge in [-0.15, -0.1) is 0 Å². The Morgan fingerprint density at radius 2 is 2.04 bits per heavy atom. The molecule has 3 rings (SSSR count). The van der Waals surface area contributed by atoms with Crippen LogP contribution in [-0.4, -0.2) is 59.4 Å². The first-order chi connectivity index (χ1) is 12.4. The summed E-state index contributed by atoms with van der Waals surface area (Å²) in [5, 5.41) is 5.82. The molecule has 0 bridgehead atoms. The number of hydrogen-bond donors (Lipinski definition) is 2. The monoisotopic (exact) mass is 359 g/mol. The molecule has 2 fully saturated rings. The van der Waals surface area contributed by atoms with Crippen LogP contribution in [0.2, 0.25) is 0 Å². The number of carbonyl (C=O) groups excluding carboxylic acids is 2. The van der Waals surface area contributed by atoms with E-state index in [0.717, 1.165) is 30.9 Å². The number of carbonyl (C=O) groups is 2. The van der Waals surface area contributed by atoms with Crippen molar-refractivity contribution in [2.75, 3.05) is 26.7 Å². The molecule has 0 unspecified atom stereocenters. The van der Waals surface area contributed by atoms with Gasteiger partial charge in [0, 0.05) is 38.3 Å². The number of rotatable bonds is 6. The summed E-state index contributed by atoms with van der Waals surface area (Å²) < 4.78 is 0. The molecule has 7 heteroatoms. The summed E-state index contributed by atoms with van der Waals surface area (Å²) in [5.41, 5.74) is 1.28. The summed E-state index contributed by atoms with van der Waals surface area (Å²) in [5.74, 6) is 1.95. The lowest BCUT2D eigenvalue weighted by Crippen LogP contribution is -2.42. The van der Waals surface area contributed by atoms with E-state index in [0.29, 0.717) is 36.4 Å². The third-order valence-corrected chi connectivity index (χ3v) is 5.44. The van der Waals surface area contributed by atoms with Crippen LogP contribution in [0.15, 0.2) is 6.20 Å². The number of hydrogen-bond acceptors (Lipinski definition) is 5. The zero-order chi connectivity index (χ0) is 18.8. The molecule has 0 spiro atoms. The second-order valence-electron chi connectivity index (χ2n) is 7.86. The quantitative estimate of drug-likeness (QED) is 0.794. The van der Waals surface area contributed by atoms with Crippen LogP contribution in [0.1, 0.15) is 54.5 Å². The lowest BCUT2D eigenvalue weighted by atomic mass is 9.91. The van der Waals surface area contributed by atoms with Gasteiger partial charge in [-0.3, -0.25) is 14.5 Å². The highest BCUT2D eigenvalue weighted by Crippen LogP contribution is 2.38. The normalized spacial score (nSPS) is 23.3. The topological polar surface area (TPSA) is 87.2 Å². The highest BCUT2D eigenvalue weighted by Gasteiger charge is 2.36. The fraction of sp³-hybridized carbons (Fsp3) is 0.684. The van der Waals surface area contributed by atoms with Crippen molar-refractivity contribution in [3.63, 3.8) is 0 Å². The molecule has 1 aromatic rings. The van der Waals surface area contributed by atoms with Crippen molar-refractivity contribution in [3.8, 4) is 0 Å². The third-order valence-electron chi connectivity index (χ3n) is 5.44. The Kier molecular flexibility index (Phi) is 5.55. The zero-order valence-corrected chi connectivity index (χ0v) is 16.1. The maximum atomic E-state index is 12.8. The predicted octanol–water partition coefficient (Wildman–Crippen LogP) is 1.09. The highest BCUT2D eigenvalue weighted by molar-refractivity contribution is 5.95. The van der Waals surface area contributed by atoms with Gasteiger partial charge in [0.25, 0.3) is 5.91 Å². The maximum absolute atomic E-state index is 12.8. The van der Waals surface area contributed by atoms with Gasteiger partial charge in [0.2, 0.25) is 5.91 Å². The van der Waals surface area contributed by atoms with Gasteiger partial charge in [0.05, 0.1) is 17.8 Å². The van der Waals surface area contributed by atoms with Gasteiger partial charge in [-0.1, -0.05) is 13.8 Å². The summed E-state index contributed by atoms with van der Waals surface area (Å²) in [4.78, 5) is 35.5. The minimum absolute atomic E-state index is 0.000563. The van der Waals surface area contributed by atoms with E-state index in [2.05, 4.69) is 39.3 Å². The summed E-state index contributed by atoms with van der Waals surface area (Å²) >= 11 is 0. The lowest BCUT2D eigenvalue weighted by molar-refractivity contribution is -0.121. The van der Waals surface area contributed by atoms with E-state index in [9.17, 15) is 9.59 Å². The molecule has 1 saturated carbocycles. The molecule has 142 valence electrons. The molecular weight excluding hydrogens is 330 g/mol. The number of nitrogens with one attached hydrogen (secondary N) is 2. The molecular formula is C19H29N5O2. The van der Waals surface area contributed by atoms with Gasteiger partial charge in [-0.25, -0.2) is 9.97 Å². The van der Waals surface area contributed by atoms with E-state index in [1.54, 1.807) is 13.2 Å². The average molecular weight is 359 g/mol. The van der Waals surface area contributed by atoms with Gasteiger partial charge in [0.15, 0.2) is 0 Å². The zero-order valence-electron chi connectivity index (χ0n) is 16.1. The Balaban J connectivity index is 1.67. The molecule has 0 radical (unpaired) electrons. The number of aryl methyl sites for hydroxylation is 1. The molecule has 2 aliphatic rings. The first-order valence-electron chi connectivity index (χ1n) is 9.46. The number of aromatic nitrogens is 2. The molecule has 2 atom stereocenters. The highest BCUT2D eigenvalue weighted by atomic mass is 16.2. The molecule has 7 nitrogen and oxygen atoms in total. The van der Waals surface area contributed by atoms with Gasteiger partial charge >= 0.3 is 0 Å². The molecule has 2 N–H and O–H groups in total. The SMILES string of the molecule is CNC(=O)CN1C[C@@H](NC(=O)c2cnc(C3CC3)nc2C)[C@H](C(C)C)C1. The van der Waals surface area contributed by atoms with Crippen molar-refractivity contribution in [1.82, 2.24) is 25.5 Å². The molecule has 1 aromatic heterocycles. The van der Waals surface area contributed by atoms with Crippen molar-refractivity contribution >= 4 is 11.8 Å². The van der Waals surface area contributed by atoms with Crippen molar-refractivity contribution in [1.29, 1.82) is 0 Å². The van der Waals surface area contributed by atoms with Crippen LogP contribution in [0.25, 0.3) is 0 Å².